The van der Waals surface area contributed by atoms with Crippen molar-refractivity contribution in [3.63, 3.8) is 0 Å². The normalized spacial score (nSPS) is 17.2. The van der Waals surface area contributed by atoms with Gasteiger partial charge in [-0.25, -0.2) is 4.79 Å². The van der Waals surface area contributed by atoms with Crippen LogP contribution in [0.1, 0.15) is 27.6 Å². The van der Waals surface area contributed by atoms with Crippen molar-refractivity contribution in [3.8, 4) is 0 Å². The Balaban J connectivity index is 1.69. The molecule has 1 atom stereocenters. The lowest BCUT2D eigenvalue weighted by Crippen LogP contribution is -2.43. The summed E-state index contributed by atoms with van der Waals surface area (Å²) in [6.45, 7) is 1.33. The first-order chi connectivity index (χ1) is 12.4. The molecule has 0 radical (unpaired) electrons. The maximum Gasteiger partial charge on any atom is 0.335 e. The molecule has 1 unspecified atom stereocenters. The van der Waals surface area contributed by atoms with E-state index < -0.39 is 5.97 Å². The lowest BCUT2D eigenvalue weighted by atomic mass is 10.1. The van der Waals surface area contributed by atoms with E-state index in [2.05, 4.69) is 0 Å². The third-order valence-electron chi connectivity index (χ3n) is 4.26. The van der Waals surface area contributed by atoms with Gasteiger partial charge in [0.2, 0.25) is 5.91 Å². The summed E-state index contributed by atoms with van der Waals surface area (Å²) in [7, 11) is 0. The Morgan fingerprint density at radius 2 is 1.96 bits per heavy atom. The third kappa shape index (κ3) is 4.36. The number of aromatic carboxylic acids is 1. The Bertz CT molecular complexity index is 840. The number of carboxylic acid groups (broad SMARTS) is 1. The van der Waals surface area contributed by atoms with Gasteiger partial charge in [0.15, 0.2) is 0 Å². The smallest absolute Gasteiger partial charge is 0.335 e. The van der Waals surface area contributed by atoms with E-state index in [1.54, 1.807) is 29.2 Å². The maximum atomic E-state index is 12.6. The van der Waals surface area contributed by atoms with Crippen molar-refractivity contribution in [2.24, 2.45) is 0 Å². The Hall–Kier alpha value is -2.08. The fraction of sp³-hybridized carbons (Fsp3) is 0.263. The lowest BCUT2D eigenvalue weighted by molar-refractivity contribution is -0.138. The maximum absolute atomic E-state index is 12.6. The number of carbonyl (C=O) groups excluding carboxylic acids is 1. The van der Waals surface area contributed by atoms with E-state index in [9.17, 15) is 9.59 Å². The van der Waals surface area contributed by atoms with Crippen LogP contribution >= 0.6 is 23.2 Å². The number of benzene rings is 2. The van der Waals surface area contributed by atoms with Crippen LogP contribution in [0.3, 0.4) is 0 Å². The number of carbonyl (C=O) groups is 2. The van der Waals surface area contributed by atoms with Gasteiger partial charge < -0.3 is 14.7 Å². The number of ether oxygens (including phenoxy) is 1. The highest BCUT2D eigenvalue weighted by atomic mass is 35.5. The van der Waals surface area contributed by atoms with Crippen molar-refractivity contribution in [2.75, 3.05) is 19.7 Å². The fourth-order valence-electron chi connectivity index (χ4n) is 2.89. The van der Waals surface area contributed by atoms with Crippen LogP contribution in [0.15, 0.2) is 42.5 Å². The summed E-state index contributed by atoms with van der Waals surface area (Å²) in [5.74, 6) is -1.08. The molecule has 1 amide bonds. The van der Waals surface area contributed by atoms with Gasteiger partial charge >= 0.3 is 5.97 Å². The molecule has 0 aromatic heterocycles. The molecule has 136 valence electrons. The minimum atomic E-state index is -1.01. The van der Waals surface area contributed by atoms with E-state index in [1.807, 2.05) is 6.07 Å². The molecule has 2 aromatic rings. The van der Waals surface area contributed by atoms with E-state index in [-0.39, 0.29) is 24.0 Å². The summed E-state index contributed by atoms with van der Waals surface area (Å²) in [6.07, 6.45) is -0.123. The predicted octanol–water partition coefficient (Wildman–Crippen LogP) is 3.83. The molecule has 1 N–H and O–H groups in total. The van der Waals surface area contributed by atoms with Crippen molar-refractivity contribution in [3.05, 3.63) is 69.2 Å². The average molecular weight is 394 g/mol. The Morgan fingerprint density at radius 3 is 2.69 bits per heavy atom. The largest absolute Gasteiger partial charge is 0.478 e. The van der Waals surface area contributed by atoms with Crippen LogP contribution < -0.4 is 0 Å². The zero-order chi connectivity index (χ0) is 18.7. The second-order valence-electron chi connectivity index (χ2n) is 6.06. The average Bonchev–Trinajstić information content (AvgIpc) is 2.64. The summed E-state index contributed by atoms with van der Waals surface area (Å²) in [5, 5.41) is 9.98. The van der Waals surface area contributed by atoms with Crippen LogP contribution in [0, 0.1) is 0 Å². The quantitative estimate of drug-likeness (QED) is 0.856. The van der Waals surface area contributed by atoms with E-state index in [4.69, 9.17) is 33.0 Å². The SMILES string of the molecule is O=C(O)c1cccc(CC(=O)N2CCOC(c3ccc(Cl)c(Cl)c3)C2)c1. The minimum absolute atomic E-state index is 0.0686. The molecule has 1 saturated heterocycles. The highest BCUT2D eigenvalue weighted by molar-refractivity contribution is 6.42. The molecule has 0 bridgehead atoms. The molecule has 2 aromatic carbocycles. The predicted molar refractivity (Wildman–Crippen MR) is 98.8 cm³/mol. The van der Waals surface area contributed by atoms with Crippen molar-refractivity contribution in [2.45, 2.75) is 12.5 Å². The van der Waals surface area contributed by atoms with Gasteiger partial charge in [-0.15, -0.1) is 0 Å². The van der Waals surface area contributed by atoms with Gasteiger partial charge in [-0.2, -0.15) is 0 Å². The van der Waals surface area contributed by atoms with Gasteiger partial charge in [-0.3, -0.25) is 4.79 Å². The standard InChI is InChI=1S/C19H17Cl2NO4/c20-15-5-4-13(10-16(15)21)17-11-22(6-7-26-17)18(23)9-12-2-1-3-14(8-12)19(24)25/h1-5,8,10,17H,6-7,9,11H2,(H,24,25). The number of rotatable bonds is 4. The van der Waals surface area contributed by atoms with Crippen molar-refractivity contribution in [1.29, 1.82) is 0 Å². The fourth-order valence-corrected chi connectivity index (χ4v) is 3.20. The lowest BCUT2D eigenvalue weighted by Gasteiger charge is -2.33. The monoisotopic (exact) mass is 393 g/mol. The van der Waals surface area contributed by atoms with Gasteiger partial charge in [0.1, 0.15) is 6.10 Å². The first kappa shape index (κ1) is 18.7. The molecule has 1 fully saturated rings. The third-order valence-corrected chi connectivity index (χ3v) is 5.00. The Labute approximate surface area is 161 Å². The van der Waals surface area contributed by atoms with Crippen LogP contribution in [0.2, 0.25) is 10.0 Å². The van der Waals surface area contributed by atoms with Gasteiger partial charge in [-0.05, 0) is 35.4 Å². The van der Waals surface area contributed by atoms with Crippen LogP contribution in [0.25, 0.3) is 0 Å². The topological polar surface area (TPSA) is 66.8 Å². The van der Waals surface area contributed by atoms with Crippen LogP contribution in [0.4, 0.5) is 0 Å². The first-order valence-corrected chi connectivity index (χ1v) is 8.86. The molecule has 7 heteroatoms. The molecule has 1 aliphatic rings. The van der Waals surface area contributed by atoms with E-state index >= 15 is 0 Å². The molecule has 3 rings (SSSR count). The molecule has 1 heterocycles. The number of carboxylic acids is 1. The van der Waals surface area contributed by atoms with Crippen molar-refractivity contribution in [1.82, 2.24) is 4.90 Å². The molecule has 1 aliphatic heterocycles. The zero-order valence-corrected chi connectivity index (χ0v) is 15.3. The van der Waals surface area contributed by atoms with E-state index in [0.29, 0.717) is 35.3 Å². The highest BCUT2D eigenvalue weighted by Crippen LogP contribution is 2.29. The summed E-state index contributed by atoms with van der Waals surface area (Å²) in [4.78, 5) is 25.4. The number of hydrogen-bond donors (Lipinski definition) is 1. The van der Waals surface area contributed by atoms with Gasteiger partial charge in [0.25, 0.3) is 0 Å². The van der Waals surface area contributed by atoms with Gasteiger partial charge in [0.05, 0.1) is 35.2 Å². The molecular weight excluding hydrogens is 377 g/mol. The van der Waals surface area contributed by atoms with Crippen LogP contribution in [-0.2, 0) is 16.0 Å². The highest BCUT2D eigenvalue weighted by Gasteiger charge is 2.26. The first-order valence-electron chi connectivity index (χ1n) is 8.10. The molecule has 0 spiro atoms. The summed E-state index contributed by atoms with van der Waals surface area (Å²) in [6, 6.07) is 11.7. The van der Waals surface area contributed by atoms with Crippen LogP contribution in [0.5, 0.6) is 0 Å². The van der Waals surface area contributed by atoms with Crippen LogP contribution in [-0.4, -0.2) is 41.6 Å². The molecular formula is C19H17Cl2NO4. The summed E-state index contributed by atoms with van der Waals surface area (Å²) < 4.78 is 5.77. The molecule has 26 heavy (non-hydrogen) atoms. The van der Waals surface area contributed by atoms with Gasteiger partial charge in [-0.1, -0.05) is 41.4 Å². The van der Waals surface area contributed by atoms with Crippen molar-refractivity contribution < 1.29 is 19.4 Å². The number of morpholine rings is 1. The van der Waals surface area contributed by atoms with E-state index in [1.165, 1.54) is 12.1 Å². The second-order valence-corrected chi connectivity index (χ2v) is 6.87. The van der Waals surface area contributed by atoms with Crippen molar-refractivity contribution >= 4 is 35.1 Å². The molecule has 0 aliphatic carbocycles. The molecule has 0 saturated carbocycles. The minimum Gasteiger partial charge on any atom is -0.478 e. The Kier molecular flexibility index (Phi) is 5.81. The second kappa shape index (κ2) is 8.08. The number of halogens is 2. The number of nitrogens with zero attached hydrogens (tertiary/aromatic N) is 1. The summed E-state index contributed by atoms with van der Waals surface area (Å²) in [5.41, 5.74) is 1.71. The van der Waals surface area contributed by atoms with Gasteiger partial charge in [0, 0.05) is 6.54 Å². The molecule has 5 nitrogen and oxygen atoms in total. The number of amides is 1. The summed E-state index contributed by atoms with van der Waals surface area (Å²) >= 11 is 12.0. The number of hydrogen-bond acceptors (Lipinski definition) is 3. The van der Waals surface area contributed by atoms with E-state index in [0.717, 1.165) is 5.56 Å². The zero-order valence-electron chi connectivity index (χ0n) is 13.8. The Morgan fingerprint density at radius 1 is 1.15 bits per heavy atom.